The summed E-state index contributed by atoms with van der Waals surface area (Å²) in [4.78, 5) is 9.40. The van der Waals surface area contributed by atoms with Crippen LogP contribution in [0.25, 0.3) is 0 Å². The molecular formula is C26H56NO7P. The molecular weight excluding hydrogens is 469 g/mol. The van der Waals surface area contributed by atoms with Crippen LogP contribution < -0.4 is 5.73 Å². The van der Waals surface area contributed by atoms with E-state index in [1.165, 1.54) is 96.3 Å². The fourth-order valence-corrected chi connectivity index (χ4v) is 4.73. The Balaban J connectivity index is 3.50. The maximum absolute atomic E-state index is 11.5. The van der Waals surface area contributed by atoms with Crippen molar-refractivity contribution < 1.29 is 33.1 Å². The molecule has 35 heavy (non-hydrogen) atoms. The van der Waals surface area contributed by atoms with Crippen LogP contribution in [0.15, 0.2) is 0 Å². The van der Waals surface area contributed by atoms with Crippen LogP contribution >= 0.6 is 7.82 Å². The molecule has 0 spiro atoms. The molecule has 0 fully saturated rings. The highest BCUT2D eigenvalue weighted by atomic mass is 31.2. The van der Waals surface area contributed by atoms with E-state index in [1.807, 2.05) is 0 Å². The molecule has 212 valence electrons. The van der Waals surface area contributed by atoms with Crippen LogP contribution in [0.2, 0.25) is 0 Å². The SMILES string of the molecule is CCCCCCCCCCCCCCCCCCC(COC[C@@H](O)COP(=O)(O)OCCN)OC. The summed E-state index contributed by atoms with van der Waals surface area (Å²) >= 11 is 0. The highest BCUT2D eigenvalue weighted by Crippen LogP contribution is 2.42. The lowest BCUT2D eigenvalue weighted by atomic mass is 10.0. The Kier molecular flexibility index (Phi) is 25.6. The van der Waals surface area contributed by atoms with Crippen molar-refractivity contribution in [2.45, 2.75) is 128 Å². The highest BCUT2D eigenvalue weighted by molar-refractivity contribution is 7.47. The Labute approximate surface area is 215 Å². The van der Waals surface area contributed by atoms with Gasteiger partial charge in [0.05, 0.1) is 32.5 Å². The average molecular weight is 526 g/mol. The van der Waals surface area contributed by atoms with Gasteiger partial charge in [-0.15, -0.1) is 0 Å². The first-order valence-corrected chi connectivity index (χ1v) is 15.5. The minimum atomic E-state index is -4.18. The van der Waals surface area contributed by atoms with Crippen LogP contribution in [0.4, 0.5) is 0 Å². The molecule has 0 bridgehead atoms. The van der Waals surface area contributed by atoms with E-state index in [-0.39, 0.29) is 32.5 Å². The zero-order chi connectivity index (χ0) is 26.0. The minimum absolute atomic E-state index is 0.00426. The quantitative estimate of drug-likeness (QED) is 0.0825. The van der Waals surface area contributed by atoms with Gasteiger partial charge in [-0.25, -0.2) is 4.57 Å². The molecule has 0 saturated carbocycles. The van der Waals surface area contributed by atoms with E-state index in [1.54, 1.807) is 7.11 Å². The van der Waals surface area contributed by atoms with Crippen LogP contribution in [-0.4, -0.2) is 62.3 Å². The molecule has 0 aromatic carbocycles. The first-order valence-electron chi connectivity index (χ1n) is 14.1. The van der Waals surface area contributed by atoms with Gasteiger partial charge in [0, 0.05) is 13.7 Å². The number of ether oxygens (including phenoxy) is 2. The van der Waals surface area contributed by atoms with Crippen LogP contribution in [0.5, 0.6) is 0 Å². The Hall–Kier alpha value is -0.0500. The molecule has 9 heteroatoms. The fraction of sp³-hybridized carbons (Fsp3) is 1.00. The van der Waals surface area contributed by atoms with Gasteiger partial charge in [0.2, 0.25) is 0 Å². The summed E-state index contributed by atoms with van der Waals surface area (Å²) < 4.78 is 31.8. The summed E-state index contributed by atoms with van der Waals surface area (Å²) in [5.74, 6) is 0. The molecule has 0 aliphatic rings. The van der Waals surface area contributed by atoms with Crippen molar-refractivity contribution in [3.05, 3.63) is 0 Å². The molecule has 0 rings (SSSR count). The number of nitrogens with two attached hydrogens (primary N) is 1. The molecule has 0 heterocycles. The summed E-state index contributed by atoms with van der Waals surface area (Å²) in [6.45, 7) is 2.30. The standard InChI is InChI=1S/C26H56NO7P/c1-3-4-5-6-7-8-9-10-11-12-13-14-15-16-17-18-19-26(31-2)24-32-22-25(28)23-34-35(29,30)33-21-20-27/h25-26,28H,3-24,27H2,1-2H3,(H,29,30)/t25-,26?/m1/s1. The van der Waals surface area contributed by atoms with E-state index in [2.05, 4.69) is 11.4 Å². The van der Waals surface area contributed by atoms with Crippen LogP contribution in [0.1, 0.15) is 116 Å². The minimum Gasteiger partial charge on any atom is -0.388 e. The van der Waals surface area contributed by atoms with Gasteiger partial charge in [-0.2, -0.15) is 0 Å². The van der Waals surface area contributed by atoms with Gasteiger partial charge >= 0.3 is 7.82 Å². The number of phosphoric acid groups is 1. The third kappa shape index (κ3) is 25.4. The van der Waals surface area contributed by atoms with Crippen molar-refractivity contribution in [3.63, 3.8) is 0 Å². The summed E-state index contributed by atoms with van der Waals surface area (Å²) in [7, 11) is -2.52. The van der Waals surface area contributed by atoms with E-state index < -0.39 is 13.9 Å². The van der Waals surface area contributed by atoms with E-state index in [0.717, 1.165) is 12.8 Å². The topological polar surface area (TPSA) is 120 Å². The molecule has 4 N–H and O–H groups in total. The summed E-state index contributed by atoms with van der Waals surface area (Å²) in [5.41, 5.74) is 5.21. The molecule has 0 aromatic heterocycles. The molecule has 0 aromatic rings. The van der Waals surface area contributed by atoms with Crippen LogP contribution in [-0.2, 0) is 23.1 Å². The van der Waals surface area contributed by atoms with E-state index >= 15 is 0 Å². The first-order chi connectivity index (χ1) is 16.9. The normalized spacial score (nSPS) is 15.2. The molecule has 0 amide bonds. The van der Waals surface area contributed by atoms with Crippen molar-refractivity contribution in [3.8, 4) is 0 Å². The number of unbranched alkanes of at least 4 members (excludes halogenated alkanes) is 15. The maximum Gasteiger partial charge on any atom is 0.472 e. The van der Waals surface area contributed by atoms with Gasteiger partial charge < -0.3 is 25.2 Å². The van der Waals surface area contributed by atoms with Crippen molar-refractivity contribution >= 4 is 7.82 Å². The van der Waals surface area contributed by atoms with Crippen LogP contribution in [0.3, 0.4) is 0 Å². The molecule has 8 nitrogen and oxygen atoms in total. The summed E-state index contributed by atoms with van der Waals surface area (Å²) in [6, 6.07) is 0. The monoisotopic (exact) mass is 525 g/mol. The number of rotatable bonds is 28. The molecule has 0 radical (unpaired) electrons. The second-order valence-electron chi connectivity index (χ2n) is 9.53. The zero-order valence-corrected chi connectivity index (χ0v) is 23.6. The molecule has 0 saturated heterocycles. The number of phosphoric ester groups is 1. The second-order valence-corrected chi connectivity index (χ2v) is 11.0. The van der Waals surface area contributed by atoms with Gasteiger partial charge in [0.1, 0.15) is 6.10 Å². The maximum atomic E-state index is 11.5. The summed E-state index contributed by atoms with van der Waals surface area (Å²) in [5, 5.41) is 9.85. The molecule has 2 unspecified atom stereocenters. The van der Waals surface area contributed by atoms with Crippen LogP contribution in [0, 0.1) is 0 Å². The van der Waals surface area contributed by atoms with E-state index in [9.17, 15) is 14.6 Å². The number of hydrogen-bond acceptors (Lipinski definition) is 7. The molecule has 0 aliphatic heterocycles. The Morgan fingerprint density at radius 1 is 0.743 bits per heavy atom. The van der Waals surface area contributed by atoms with Gasteiger partial charge in [-0.3, -0.25) is 9.05 Å². The second kappa shape index (κ2) is 25.6. The van der Waals surface area contributed by atoms with Crippen molar-refractivity contribution in [1.82, 2.24) is 0 Å². The smallest absolute Gasteiger partial charge is 0.388 e. The van der Waals surface area contributed by atoms with Gasteiger partial charge in [-0.1, -0.05) is 110 Å². The average Bonchev–Trinajstić information content (AvgIpc) is 2.85. The van der Waals surface area contributed by atoms with Crippen molar-refractivity contribution in [2.24, 2.45) is 5.73 Å². The predicted molar refractivity (Wildman–Crippen MR) is 143 cm³/mol. The first kappa shape index (κ1) is 35.0. The molecule has 3 atom stereocenters. The number of methoxy groups -OCH3 is 1. The van der Waals surface area contributed by atoms with Gasteiger partial charge in [0.15, 0.2) is 0 Å². The fourth-order valence-electron chi connectivity index (χ4n) is 3.96. The Morgan fingerprint density at radius 2 is 1.23 bits per heavy atom. The number of aliphatic hydroxyl groups excluding tert-OH is 1. The van der Waals surface area contributed by atoms with Gasteiger partial charge in [-0.05, 0) is 6.42 Å². The number of aliphatic hydroxyl groups is 1. The third-order valence-electron chi connectivity index (χ3n) is 6.13. The summed E-state index contributed by atoms with van der Waals surface area (Å²) in [6.07, 6.45) is 21.5. The zero-order valence-electron chi connectivity index (χ0n) is 22.7. The number of hydrogen-bond donors (Lipinski definition) is 3. The lowest BCUT2D eigenvalue weighted by Crippen LogP contribution is -2.26. The lowest BCUT2D eigenvalue weighted by Gasteiger charge is -2.18. The largest absolute Gasteiger partial charge is 0.472 e. The van der Waals surface area contributed by atoms with E-state index in [0.29, 0.717) is 6.61 Å². The third-order valence-corrected chi connectivity index (χ3v) is 7.11. The van der Waals surface area contributed by atoms with E-state index in [4.69, 9.17) is 19.7 Å². The van der Waals surface area contributed by atoms with Crippen molar-refractivity contribution in [1.29, 1.82) is 0 Å². The molecule has 0 aliphatic carbocycles. The van der Waals surface area contributed by atoms with Crippen molar-refractivity contribution in [2.75, 3.05) is 40.1 Å². The van der Waals surface area contributed by atoms with Gasteiger partial charge in [0.25, 0.3) is 0 Å². The predicted octanol–water partition coefficient (Wildman–Crippen LogP) is 6.12. The highest BCUT2D eigenvalue weighted by Gasteiger charge is 2.22. The Morgan fingerprint density at radius 3 is 1.69 bits per heavy atom. The Bertz CT molecular complexity index is 485. The lowest BCUT2D eigenvalue weighted by molar-refractivity contribution is -0.0386.